The first kappa shape index (κ1) is 28.1. The molecule has 0 N–H and O–H groups in total. The standard InChI is InChI=1S/C28H26F3N3O4S/c1-15-12-19-16(2)17(3)24(35)38-23(19)14-22(15)37-11-7-10-33-26(39)34(25(36)27(33,4)5)18-8-9-21(32-6)20(13-18)28(29,30)31/h8-9,12-14H,7,10-11H2,1-5H3. The second-order valence-corrected chi connectivity index (χ2v) is 10.3. The van der Waals surface area contributed by atoms with E-state index in [2.05, 4.69) is 4.85 Å². The highest BCUT2D eigenvalue weighted by molar-refractivity contribution is 7.80. The third-order valence-electron chi connectivity index (χ3n) is 7.02. The first-order valence-corrected chi connectivity index (χ1v) is 12.5. The normalized spacial score (nSPS) is 15.3. The highest BCUT2D eigenvalue weighted by Crippen LogP contribution is 2.41. The Morgan fingerprint density at radius 3 is 2.44 bits per heavy atom. The lowest BCUT2D eigenvalue weighted by molar-refractivity contribution is -0.136. The third kappa shape index (κ3) is 4.96. The summed E-state index contributed by atoms with van der Waals surface area (Å²) in [7, 11) is 0. The van der Waals surface area contributed by atoms with Crippen molar-refractivity contribution in [1.29, 1.82) is 0 Å². The van der Waals surface area contributed by atoms with Gasteiger partial charge in [0.25, 0.3) is 5.91 Å². The topological polar surface area (TPSA) is 67.3 Å². The molecule has 0 atom stereocenters. The zero-order chi connectivity index (χ0) is 28.9. The van der Waals surface area contributed by atoms with Gasteiger partial charge in [0.2, 0.25) is 0 Å². The summed E-state index contributed by atoms with van der Waals surface area (Å²) in [5.74, 6) is 0.0811. The van der Waals surface area contributed by atoms with Crippen molar-refractivity contribution in [2.24, 2.45) is 0 Å². The Kier molecular flexibility index (Phi) is 7.21. The van der Waals surface area contributed by atoms with Crippen LogP contribution in [0.5, 0.6) is 5.75 Å². The van der Waals surface area contributed by atoms with Crippen molar-refractivity contribution in [2.75, 3.05) is 18.1 Å². The van der Waals surface area contributed by atoms with E-state index >= 15 is 0 Å². The van der Waals surface area contributed by atoms with Gasteiger partial charge in [-0.05, 0) is 82.6 Å². The Morgan fingerprint density at radius 2 is 1.79 bits per heavy atom. The Balaban J connectivity index is 1.50. The van der Waals surface area contributed by atoms with Crippen LogP contribution in [-0.2, 0) is 11.0 Å². The zero-order valence-electron chi connectivity index (χ0n) is 22.0. The van der Waals surface area contributed by atoms with Crippen molar-refractivity contribution in [2.45, 2.75) is 52.8 Å². The number of fused-ring (bicyclic) bond motifs is 1. The number of carbonyl (C=O) groups excluding carboxylic acids is 1. The Hall–Kier alpha value is -3.91. The minimum absolute atomic E-state index is 0.0460. The Labute approximate surface area is 228 Å². The largest absolute Gasteiger partial charge is 0.493 e. The van der Waals surface area contributed by atoms with Crippen LogP contribution in [0.15, 0.2) is 39.5 Å². The first-order valence-electron chi connectivity index (χ1n) is 12.1. The molecule has 11 heteroatoms. The molecule has 0 aliphatic carbocycles. The Morgan fingerprint density at radius 1 is 1.10 bits per heavy atom. The predicted molar refractivity (Wildman–Crippen MR) is 145 cm³/mol. The van der Waals surface area contributed by atoms with E-state index in [0.717, 1.165) is 33.5 Å². The molecular weight excluding hydrogens is 531 g/mol. The lowest BCUT2D eigenvalue weighted by Gasteiger charge is -2.29. The van der Waals surface area contributed by atoms with Gasteiger partial charge in [0.1, 0.15) is 16.9 Å². The van der Waals surface area contributed by atoms with Crippen molar-refractivity contribution < 1.29 is 27.1 Å². The first-order chi connectivity index (χ1) is 18.2. The van der Waals surface area contributed by atoms with Gasteiger partial charge in [0, 0.05) is 29.2 Å². The van der Waals surface area contributed by atoms with Crippen LogP contribution in [0.25, 0.3) is 15.8 Å². The van der Waals surface area contributed by atoms with E-state index in [0.29, 0.717) is 29.9 Å². The molecule has 0 bridgehead atoms. The minimum Gasteiger partial charge on any atom is -0.493 e. The van der Waals surface area contributed by atoms with E-state index in [1.807, 2.05) is 19.9 Å². The molecule has 0 saturated carbocycles. The van der Waals surface area contributed by atoms with Crippen LogP contribution >= 0.6 is 12.2 Å². The number of rotatable bonds is 6. The second-order valence-electron chi connectivity index (χ2n) is 9.90. The summed E-state index contributed by atoms with van der Waals surface area (Å²) in [6.45, 7) is 16.4. The Bertz CT molecular complexity index is 1600. The zero-order valence-corrected chi connectivity index (χ0v) is 22.8. The number of hydrogen-bond acceptors (Lipinski definition) is 5. The van der Waals surface area contributed by atoms with Gasteiger partial charge >= 0.3 is 11.8 Å². The average molecular weight is 558 g/mol. The van der Waals surface area contributed by atoms with E-state index in [1.165, 1.54) is 6.07 Å². The van der Waals surface area contributed by atoms with Crippen LogP contribution in [-0.4, -0.2) is 34.6 Å². The van der Waals surface area contributed by atoms with Crippen LogP contribution in [0, 0.1) is 27.3 Å². The number of alkyl halides is 3. The molecule has 2 heterocycles. The van der Waals surface area contributed by atoms with Crippen LogP contribution in [0.4, 0.5) is 24.5 Å². The average Bonchev–Trinajstić information content (AvgIpc) is 3.03. The SMILES string of the molecule is [C-]#[N+]c1ccc(N2C(=O)C(C)(C)N(CCCOc3cc4oc(=O)c(C)c(C)c4cc3C)C2=S)cc1C(F)(F)F. The number of halogens is 3. The van der Waals surface area contributed by atoms with E-state index in [9.17, 15) is 22.8 Å². The predicted octanol–water partition coefficient (Wildman–Crippen LogP) is 6.47. The summed E-state index contributed by atoms with van der Waals surface area (Å²) in [4.78, 5) is 31.0. The maximum Gasteiger partial charge on any atom is 0.407 e. The number of ether oxygens (including phenoxy) is 1. The van der Waals surface area contributed by atoms with Gasteiger partial charge < -0.3 is 14.1 Å². The molecule has 0 spiro atoms. The fraction of sp³-hybridized carbons (Fsp3) is 0.357. The van der Waals surface area contributed by atoms with Crippen LogP contribution in [0.2, 0.25) is 0 Å². The lowest BCUT2D eigenvalue weighted by atomic mass is 10.0. The van der Waals surface area contributed by atoms with Crippen LogP contribution in [0.3, 0.4) is 0 Å². The van der Waals surface area contributed by atoms with Gasteiger partial charge in [0.05, 0.1) is 18.7 Å². The van der Waals surface area contributed by atoms with Crippen LogP contribution < -0.4 is 15.3 Å². The molecule has 1 aromatic heterocycles. The molecule has 1 aliphatic rings. The van der Waals surface area contributed by atoms with Gasteiger partial charge in [-0.1, -0.05) is 6.07 Å². The number of carbonyl (C=O) groups is 1. The lowest BCUT2D eigenvalue weighted by Crippen LogP contribution is -2.44. The molecule has 39 heavy (non-hydrogen) atoms. The van der Waals surface area contributed by atoms with E-state index < -0.39 is 34.5 Å². The number of aryl methyl sites for hydroxylation is 2. The molecule has 4 rings (SSSR count). The van der Waals surface area contributed by atoms with Gasteiger partial charge in [-0.3, -0.25) is 9.69 Å². The quantitative estimate of drug-likeness (QED) is 0.150. The maximum absolute atomic E-state index is 13.5. The van der Waals surface area contributed by atoms with Crippen molar-refractivity contribution in [1.82, 2.24) is 4.90 Å². The van der Waals surface area contributed by atoms with Gasteiger partial charge in [-0.15, -0.1) is 0 Å². The molecule has 204 valence electrons. The number of amides is 1. The smallest absolute Gasteiger partial charge is 0.407 e. The highest BCUT2D eigenvalue weighted by atomic mass is 32.1. The molecule has 1 saturated heterocycles. The highest BCUT2D eigenvalue weighted by Gasteiger charge is 2.49. The monoisotopic (exact) mass is 557 g/mol. The number of anilines is 1. The number of thiocarbonyl (C=S) groups is 1. The molecule has 1 fully saturated rings. The van der Waals surface area contributed by atoms with Gasteiger partial charge in [-0.2, -0.15) is 13.2 Å². The molecule has 7 nitrogen and oxygen atoms in total. The molecule has 0 radical (unpaired) electrons. The van der Waals surface area contributed by atoms with Gasteiger partial charge in [0.15, 0.2) is 10.8 Å². The minimum atomic E-state index is -4.76. The van der Waals surface area contributed by atoms with Crippen molar-refractivity contribution in [3.63, 3.8) is 0 Å². The van der Waals surface area contributed by atoms with E-state index in [1.54, 1.807) is 31.7 Å². The fourth-order valence-electron chi connectivity index (χ4n) is 4.56. The fourth-order valence-corrected chi connectivity index (χ4v) is 5.07. The molecular formula is C28H26F3N3O4S. The number of nitrogens with zero attached hydrogens (tertiary/aromatic N) is 3. The molecule has 3 aromatic rings. The molecule has 1 amide bonds. The van der Waals surface area contributed by atoms with E-state index in [4.69, 9.17) is 27.9 Å². The molecule has 2 aromatic carbocycles. The second kappa shape index (κ2) is 10.0. The van der Waals surface area contributed by atoms with Crippen LogP contribution in [0.1, 0.15) is 42.5 Å². The third-order valence-corrected chi connectivity index (χ3v) is 7.43. The van der Waals surface area contributed by atoms with Crippen molar-refractivity contribution in [3.8, 4) is 5.75 Å². The number of hydrogen-bond donors (Lipinski definition) is 0. The van der Waals surface area contributed by atoms with E-state index in [-0.39, 0.29) is 17.4 Å². The molecule has 1 aliphatic heterocycles. The number of benzene rings is 2. The summed E-state index contributed by atoms with van der Waals surface area (Å²) in [5.41, 5.74) is -0.537. The summed E-state index contributed by atoms with van der Waals surface area (Å²) < 4.78 is 51.9. The van der Waals surface area contributed by atoms with Crippen molar-refractivity contribution >= 4 is 45.6 Å². The van der Waals surface area contributed by atoms with Crippen molar-refractivity contribution in [3.05, 3.63) is 74.4 Å². The maximum atomic E-state index is 13.5. The summed E-state index contributed by atoms with van der Waals surface area (Å²) in [6.07, 6.45) is -4.31. The summed E-state index contributed by atoms with van der Waals surface area (Å²) in [6, 6.07) is 6.70. The molecule has 0 unspecified atom stereocenters. The van der Waals surface area contributed by atoms with Gasteiger partial charge in [-0.25, -0.2) is 9.64 Å². The summed E-state index contributed by atoms with van der Waals surface area (Å²) >= 11 is 5.53. The summed E-state index contributed by atoms with van der Waals surface area (Å²) in [5, 5.41) is 0.904.